The van der Waals surface area contributed by atoms with Crippen LogP contribution in [0.3, 0.4) is 0 Å². The van der Waals surface area contributed by atoms with Crippen molar-refractivity contribution in [1.29, 1.82) is 0 Å². The predicted octanol–water partition coefficient (Wildman–Crippen LogP) is 0.00340. The molecule has 0 radical (unpaired) electrons. The maximum atomic E-state index is 11.4. The van der Waals surface area contributed by atoms with Gasteiger partial charge in [0, 0.05) is 0 Å². The lowest BCUT2D eigenvalue weighted by molar-refractivity contribution is -0.149. The highest BCUT2D eigenvalue weighted by Gasteiger charge is 2.40. The van der Waals surface area contributed by atoms with Gasteiger partial charge in [-0.05, 0) is 19.3 Å². The van der Waals surface area contributed by atoms with Crippen LogP contribution >= 0.6 is 11.8 Å². The van der Waals surface area contributed by atoms with Gasteiger partial charge in [0.25, 0.3) is 0 Å². The molecule has 1 aliphatic heterocycles. The van der Waals surface area contributed by atoms with Gasteiger partial charge in [-0.15, -0.1) is 11.8 Å². The summed E-state index contributed by atoms with van der Waals surface area (Å²) in [7, 11) is 0. The first-order chi connectivity index (χ1) is 6.61. The van der Waals surface area contributed by atoms with Crippen molar-refractivity contribution in [2.45, 2.75) is 24.9 Å². The molecular formula is C9H13NO3S. The number of aliphatic hydroxyl groups is 1. The van der Waals surface area contributed by atoms with Crippen molar-refractivity contribution in [3.8, 4) is 0 Å². The van der Waals surface area contributed by atoms with E-state index >= 15 is 0 Å². The van der Waals surface area contributed by atoms with Crippen LogP contribution in [-0.4, -0.2) is 45.5 Å². The molecule has 0 atom stereocenters. The summed E-state index contributed by atoms with van der Waals surface area (Å²) in [6.45, 7) is 0.200. The first kappa shape index (κ1) is 9.98. The van der Waals surface area contributed by atoms with E-state index in [1.54, 1.807) is 0 Å². The molecular weight excluding hydrogens is 202 g/mol. The molecule has 0 aromatic rings. The third-order valence-corrected chi connectivity index (χ3v) is 3.69. The standard InChI is InChI=1S/C9H13NO3S/c11-7-4-14-5-8(12)10(7)6-9(13)2-1-3-9/h13H,1-6H2. The Kier molecular flexibility index (Phi) is 2.53. The minimum absolute atomic E-state index is 0.161. The van der Waals surface area contributed by atoms with Crippen LogP contribution in [0.2, 0.25) is 0 Å². The van der Waals surface area contributed by atoms with Gasteiger partial charge in [0.15, 0.2) is 0 Å². The number of carbonyl (C=O) groups is 2. The Bertz CT molecular complexity index is 259. The molecule has 0 spiro atoms. The zero-order valence-corrected chi connectivity index (χ0v) is 8.68. The summed E-state index contributed by atoms with van der Waals surface area (Å²) in [4.78, 5) is 24.0. The maximum absolute atomic E-state index is 11.4. The molecule has 0 aromatic heterocycles. The quantitative estimate of drug-likeness (QED) is 0.659. The molecule has 4 nitrogen and oxygen atoms in total. The second-order valence-electron chi connectivity index (χ2n) is 3.94. The smallest absolute Gasteiger partial charge is 0.239 e. The molecule has 0 aromatic carbocycles. The summed E-state index contributed by atoms with van der Waals surface area (Å²) in [5.41, 5.74) is -0.784. The van der Waals surface area contributed by atoms with Gasteiger partial charge in [0.2, 0.25) is 11.8 Å². The van der Waals surface area contributed by atoms with E-state index in [0.717, 1.165) is 6.42 Å². The van der Waals surface area contributed by atoms with E-state index in [9.17, 15) is 14.7 Å². The molecule has 14 heavy (non-hydrogen) atoms. The van der Waals surface area contributed by atoms with Crippen molar-refractivity contribution in [3.05, 3.63) is 0 Å². The van der Waals surface area contributed by atoms with Crippen LogP contribution in [0, 0.1) is 0 Å². The van der Waals surface area contributed by atoms with Crippen LogP contribution in [0.4, 0.5) is 0 Å². The maximum Gasteiger partial charge on any atom is 0.239 e. The van der Waals surface area contributed by atoms with Crippen molar-refractivity contribution >= 4 is 23.6 Å². The van der Waals surface area contributed by atoms with E-state index in [0.29, 0.717) is 24.3 Å². The van der Waals surface area contributed by atoms with Gasteiger partial charge in [-0.3, -0.25) is 14.5 Å². The van der Waals surface area contributed by atoms with Crippen molar-refractivity contribution < 1.29 is 14.7 Å². The Balaban J connectivity index is 2.00. The molecule has 2 amide bonds. The van der Waals surface area contributed by atoms with Gasteiger partial charge in [0.1, 0.15) is 0 Å². The summed E-state index contributed by atoms with van der Waals surface area (Å²) < 4.78 is 0. The summed E-state index contributed by atoms with van der Waals surface area (Å²) in [6.07, 6.45) is 2.40. The largest absolute Gasteiger partial charge is 0.388 e. The molecule has 0 unspecified atom stereocenters. The normalized spacial score (nSPS) is 26.2. The summed E-state index contributed by atoms with van der Waals surface area (Å²) in [5.74, 6) is 0.405. The fraction of sp³-hybridized carbons (Fsp3) is 0.778. The van der Waals surface area contributed by atoms with Gasteiger partial charge >= 0.3 is 0 Å². The SMILES string of the molecule is O=C1CSCC(=O)N1CC1(O)CCC1. The van der Waals surface area contributed by atoms with Crippen molar-refractivity contribution in [2.75, 3.05) is 18.1 Å². The number of hydrogen-bond donors (Lipinski definition) is 1. The van der Waals surface area contributed by atoms with E-state index in [1.807, 2.05) is 0 Å². The van der Waals surface area contributed by atoms with Gasteiger partial charge in [-0.1, -0.05) is 0 Å². The lowest BCUT2D eigenvalue weighted by Gasteiger charge is -2.40. The second-order valence-corrected chi connectivity index (χ2v) is 4.93. The van der Waals surface area contributed by atoms with Crippen LogP contribution in [0.25, 0.3) is 0 Å². The minimum Gasteiger partial charge on any atom is -0.388 e. The third kappa shape index (κ3) is 1.79. The number of carbonyl (C=O) groups excluding carboxylic acids is 2. The van der Waals surface area contributed by atoms with Gasteiger partial charge < -0.3 is 5.11 Å². The van der Waals surface area contributed by atoms with E-state index in [1.165, 1.54) is 16.7 Å². The molecule has 5 heteroatoms. The van der Waals surface area contributed by atoms with Crippen LogP contribution in [0.5, 0.6) is 0 Å². The predicted molar refractivity (Wildman–Crippen MR) is 52.8 cm³/mol. The van der Waals surface area contributed by atoms with Gasteiger partial charge in [-0.25, -0.2) is 0 Å². The van der Waals surface area contributed by atoms with Gasteiger partial charge in [0.05, 0.1) is 23.7 Å². The molecule has 2 aliphatic rings. The average molecular weight is 215 g/mol. The Labute approximate surface area is 86.6 Å². The highest BCUT2D eigenvalue weighted by molar-refractivity contribution is 8.00. The van der Waals surface area contributed by atoms with E-state index in [-0.39, 0.29) is 18.4 Å². The Hall–Kier alpha value is -0.550. The van der Waals surface area contributed by atoms with E-state index in [4.69, 9.17) is 0 Å². The van der Waals surface area contributed by atoms with E-state index < -0.39 is 5.60 Å². The number of thioether (sulfide) groups is 1. The molecule has 2 rings (SSSR count). The topological polar surface area (TPSA) is 57.6 Å². The Morgan fingerprint density at radius 3 is 2.29 bits per heavy atom. The van der Waals surface area contributed by atoms with Crippen LogP contribution in [0.1, 0.15) is 19.3 Å². The number of rotatable bonds is 2. The Morgan fingerprint density at radius 2 is 1.86 bits per heavy atom. The number of hydrogen-bond acceptors (Lipinski definition) is 4. The van der Waals surface area contributed by atoms with Gasteiger partial charge in [-0.2, -0.15) is 0 Å². The summed E-state index contributed by atoms with van der Waals surface area (Å²) in [6, 6.07) is 0. The fourth-order valence-electron chi connectivity index (χ4n) is 1.73. The van der Waals surface area contributed by atoms with Crippen molar-refractivity contribution in [3.63, 3.8) is 0 Å². The monoisotopic (exact) mass is 215 g/mol. The number of nitrogens with zero attached hydrogens (tertiary/aromatic N) is 1. The zero-order valence-electron chi connectivity index (χ0n) is 7.86. The number of amides is 2. The van der Waals surface area contributed by atoms with Crippen LogP contribution < -0.4 is 0 Å². The third-order valence-electron chi connectivity index (χ3n) is 2.79. The first-order valence-corrected chi connectivity index (χ1v) is 5.90. The highest BCUT2D eigenvalue weighted by Crippen LogP contribution is 2.33. The molecule has 1 heterocycles. The number of imide groups is 1. The molecule has 1 saturated carbocycles. The van der Waals surface area contributed by atoms with Crippen LogP contribution in [0.15, 0.2) is 0 Å². The average Bonchev–Trinajstić information content (AvgIpc) is 2.09. The molecule has 0 bridgehead atoms. The summed E-state index contributed by atoms with van der Waals surface area (Å²) in [5, 5.41) is 9.84. The Morgan fingerprint density at radius 1 is 1.29 bits per heavy atom. The van der Waals surface area contributed by atoms with Crippen LogP contribution in [-0.2, 0) is 9.59 Å². The first-order valence-electron chi connectivity index (χ1n) is 4.74. The van der Waals surface area contributed by atoms with Crippen molar-refractivity contribution in [2.24, 2.45) is 0 Å². The highest BCUT2D eigenvalue weighted by atomic mass is 32.2. The number of β-amino-alcohol motifs (C(OH)–C–C–N with tert-alkyl or cyclic N) is 1. The molecule has 78 valence electrons. The summed E-state index contributed by atoms with van der Waals surface area (Å²) >= 11 is 1.34. The minimum atomic E-state index is -0.784. The van der Waals surface area contributed by atoms with Crippen molar-refractivity contribution in [1.82, 2.24) is 4.90 Å². The second kappa shape index (κ2) is 3.55. The molecule has 1 aliphatic carbocycles. The lowest BCUT2D eigenvalue weighted by Crippen LogP contribution is -2.54. The molecule has 1 N–H and O–H groups in total. The van der Waals surface area contributed by atoms with E-state index in [2.05, 4.69) is 0 Å². The zero-order chi connectivity index (χ0) is 10.2. The lowest BCUT2D eigenvalue weighted by atomic mass is 9.80. The fourth-order valence-corrected chi connectivity index (χ4v) is 2.50. The molecule has 2 fully saturated rings. The molecule has 1 saturated heterocycles.